The summed E-state index contributed by atoms with van der Waals surface area (Å²) in [7, 11) is -10.5. The first-order valence-corrected chi connectivity index (χ1v) is 14.6. The zero-order chi connectivity index (χ0) is 26.7. The first-order chi connectivity index (χ1) is 17.6. The highest BCUT2D eigenvalue weighted by molar-refractivity contribution is 8.10. The lowest BCUT2D eigenvalue weighted by atomic mass is 9.92. The highest BCUT2D eigenvalue weighted by Gasteiger charge is 2.63. The molecule has 0 bridgehead atoms. The number of carbonyl (C=O) groups excluding carboxylic acids is 1. The fourth-order valence-electron chi connectivity index (χ4n) is 4.10. The van der Waals surface area contributed by atoms with Gasteiger partial charge in [0.05, 0.1) is 15.7 Å². The molecule has 0 aliphatic rings. The smallest absolute Gasteiger partial charge is 0.294 e. The minimum absolute atomic E-state index is 0.00445. The Morgan fingerprint density at radius 3 is 1.51 bits per heavy atom. The third-order valence-electron chi connectivity index (χ3n) is 6.01. The predicted octanol–water partition coefficient (Wildman–Crippen LogP) is 6.27. The molecule has 0 aliphatic heterocycles. The Morgan fingerprint density at radius 1 is 0.676 bits per heavy atom. The van der Waals surface area contributed by atoms with Crippen LogP contribution >= 0.6 is 11.6 Å². The minimum atomic E-state index is -5.23. The zero-order valence-corrected chi connectivity index (χ0v) is 21.8. The van der Waals surface area contributed by atoms with Gasteiger partial charge >= 0.3 is 4.33 Å². The van der Waals surface area contributed by atoms with Gasteiger partial charge in [-0.3, -0.25) is 4.79 Å². The van der Waals surface area contributed by atoms with Crippen molar-refractivity contribution in [2.45, 2.75) is 26.5 Å². The molecule has 0 aromatic heterocycles. The van der Waals surface area contributed by atoms with Crippen LogP contribution in [0, 0.1) is 0 Å². The van der Waals surface area contributed by atoms with Gasteiger partial charge in [0.15, 0.2) is 5.78 Å². The molecule has 0 saturated carbocycles. The molecule has 0 radical (unpaired) electrons. The van der Waals surface area contributed by atoms with Crippen molar-refractivity contribution in [3.05, 3.63) is 131 Å². The number of benzene rings is 4. The van der Waals surface area contributed by atoms with Crippen LogP contribution < -0.4 is 0 Å². The SMILES string of the molecule is O=C(CC(c1ccc(Cl)cc1)C(F)(S(=O)(=O)c1ccccc1)S(=O)(=O)c1ccccc1)c1ccccc1. The van der Waals surface area contributed by atoms with Gasteiger partial charge in [-0.2, -0.15) is 0 Å². The normalized spacial score (nSPS) is 13.1. The molecule has 4 aromatic carbocycles. The largest absolute Gasteiger partial charge is 0.324 e. The van der Waals surface area contributed by atoms with Gasteiger partial charge < -0.3 is 0 Å². The van der Waals surface area contributed by atoms with Gasteiger partial charge in [0.25, 0.3) is 0 Å². The molecule has 1 atom stereocenters. The number of alkyl halides is 1. The lowest BCUT2D eigenvalue weighted by molar-refractivity contribution is 0.0960. The molecule has 0 saturated heterocycles. The Morgan fingerprint density at radius 2 is 1.08 bits per heavy atom. The molecule has 0 spiro atoms. The van der Waals surface area contributed by atoms with Gasteiger partial charge in [0.1, 0.15) is 0 Å². The average Bonchev–Trinajstić information content (AvgIpc) is 2.93. The van der Waals surface area contributed by atoms with Gasteiger partial charge in [-0.15, -0.1) is 0 Å². The summed E-state index contributed by atoms with van der Waals surface area (Å²) >= 11 is 6.01. The third kappa shape index (κ3) is 4.97. The molecule has 0 N–H and O–H groups in total. The molecule has 0 aliphatic carbocycles. The molecule has 0 fully saturated rings. The van der Waals surface area contributed by atoms with E-state index in [0.717, 1.165) is 24.3 Å². The van der Waals surface area contributed by atoms with Crippen molar-refractivity contribution < 1.29 is 26.0 Å². The maximum absolute atomic E-state index is 17.7. The fraction of sp³-hybridized carbons (Fsp3) is 0.107. The van der Waals surface area contributed by atoms with Crippen LogP contribution in [0.4, 0.5) is 4.39 Å². The Bertz CT molecular complexity index is 1520. The first kappa shape index (κ1) is 26.7. The molecule has 0 amide bonds. The third-order valence-corrected chi connectivity index (χ3v) is 11.4. The van der Waals surface area contributed by atoms with E-state index in [1.165, 1.54) is 72.8 Å². The number of sulfone groups is 2. The van der Waals surface area contributed by atoms with Gasteiger partial charge in [-0.1, -0.05) is 90.5 Å². The standard InChI is InChI=1S/C28H22ClFO5S2/c29-23-18-16-21(17-19-23)26(20-27(31)22-10-4-1-5-11-22)28(30,36(32,33)24-12-6-2-7-13-24)37(34,35)25-14-8-3-9-15-25/h1-19,26H,20H2. The number of halogens is 2. The van der Waals surface area contributed by atoms with Crippen LogP contribution in [0.3, 0.4) is 0 Å². The van der Waals surface area contributed by atoms with E-state index in [4.69, 9.17) is 11.6 Å². The lowest BCUT2D eigenvalue weighted by Gasteiger charge is -2.33. The Balaban J connectivity index is 2.02. The number of hydrogen-bond acceptors (Lipinski definition) is 5. The van der Waals surface area contributed by atoms with Crippen molar-refractivity contribution in [3.63, 3.8) is 0 Å². The quantitative estimate of drug-likeness (QED) is 0.227. The van der Waals surface area contributed by atoms with Crippen molar-refractivity contribution in [3.8, 4) is 0 Å². The van der Waals surface area contributed by atoms with E-state index in [2.05, 4.69) is 0 Å². The van der Waals surface area contributed by atoms with Gasteiger partial charge in [-0.05, 0) is 42.0 Å². The topological polar surface area (TPSA) is 85.3 Å². The summed E-state index contributed by atoms with van der Waals surface area (Å²) in [5, 5.41) is 0.276. The molecular weight excluding hydrogens is 535 g/mol. The van der Waals surface area contributed by atoms with Crippen molar-refractivity contribution in [1.29, 1.82) is 0 Å². The molecule has 5 nitrogen and oxygen atoms in total. The number of hydrogen-bond donors (Lipinski definition) is 0. The van der Waals surface area contributed by atoms with E-state index in [1.807, 2.05) is 0 Å². The number of rotatable bonds is 9. The molecule has 4 rings (SSSR count). The second-order valence-electron chi connectivity index (χ2n) is 8.31. The van der Waals surface area contributed by atoms with Crippen molar-refractivity contribution in [1.82, 2.24) is 0 Å². The van der Waals surface area contributed by atoms with Crippen LogP contribution in [0.25, 0.3) is 0 Å². The van der Waals surface area contributed by atoms with Crippen molar-refractivity contribution in [2.75, 3.05) is 0 Å². The molecule has 190 valence electrons. The van der Waals surface area contributed by atoms with Crippen LogP contribution in [-0.4, -0.2) is 27.0 Å². The maximum Gasteiger partial charge on any atom is 0.324 e. The second kappa shape index (κ2) is 10.6. The first-order valence-electron chi connectivity index (χ1n) is 11.2. The summed E-state index contributed by atoms with van der Waals surface area (Å²) in [5.74, 6) is -2.54. The highest BCUT2D eigenvalue weighted by atomic mass is 35.5. The number of carbonyl (C=O) groups is 1. The average molecular weight is 557 g/mol. The molecular formula is C28H22ClFO5S2. The fourth-order valence-corrected chi connectivity index (χ4v) is 8.82. The Labute approximate surface area is 220 Å². The predicted molar refractivity (Wildman–Crippen MR) is 141 cm³/mol. The Hall–Kier alpha value is -3.33. The van der Waals surface area contributed by atoms with Crippen LogP contribution in [0.5, 0.6) is 0 Å². The Kier molecular flexibility index (Phi) is 7.64. The van der Waals surface area contributed by atoms with E-state index >= 15 is 4.39 Å². The second-order valence-corrected chi connectivity index (χ2v) is 13.2. The van der Waals surface area contributed by atoms with Gasteiger partial charge in [0, 0.05) is 17.0 Å². The van der Waals surface area contributed by atoms with E-state index < -0.39 is 51.9 Å². The maximum atomic E-state index is 17.7. The van der Waals surface area contributed by atoms with Crippen LogP contribution in [0.2, 0.25) is 5.02 Å². The lowest BCUT2D eigenvalue weighted by Crippen LogP contribution is -2.48. The van der Waals surface area contributed by atoms with Gasteiger partial charge in [-0.25, -0.2) is 21.2 Å². The summed E-state index contributed by atoms with van der Waals surface area (Å²) < 4.78 is 69.7. The summed E-state index contributed by atoms with van der Waals surface area (Å²) in [5.41, 5.74) is 0.188. The molecule has 4 aromatic rings. The molecule has 37 heavy (non-hydrogen) atoms. The van der Waals surface area contributed by atoms with Crippen LogP contribution in [-0.2, 0) is 19.7 Å². The molecule has 1 unspecified atom stereocenters. The molecule has 9 heteroatoms. The minimum Gasteiger partial charge on any atom is -0.294 e. The van der Waals surface area contributed by atoms with Crippen LogP contribution in [0.15, 0.2) is 125 Å². The zero-order valence-electron chi connectivity index (χ0n) is 19.4. The summed E-state index contributed by atoms with van der Waals surface area (Å²) in [6.45, 7) is 0. The van der Waals surface area contributed by atoms with Gasteiger partial charge in [0.2, 0.25) is 19.7 Å². The molecule has 0 heterocycles. The van der Waals surface area contributed by atoms with E-state index in [1.54, 1.807) is 18.2 Å². The number of Topliss-reactive ketones (excluding diaryl/α,β-unsaturated/α-hetero) is 1. The monoisotopic (exact) mass is 556 g/mol. The summed E-state index contributed by atoms with van der Waals surface area (Å²) in [6, 6.07) is 26.4. The van der Waals surface area contributed by atoms with E-state index in [0.29, 0.717) is 0 Å². The van der Waals surface area contributed by atoms with Crippen LogP contribution in [0.1, 0.15) is 28.3 Å². The van der Waals surface area contributed by atoms with E-state index in [-0.39, 0.29) is 16.1 Å². The van der Waals surface area contributed by atoms with E-state index in [9.17, 15) is 21.6 Å². The van der Waals surface area contributed by atoms with Crippen molar-refractivity contribution >= 4 is 37.1 Å². The summed E-state index contributed by atoms with van der Waals surface area (Å²) in [4.78, 5) is 12.2. The highest BCUT2D eigenvalue weighted by Crippen LogP contribution is 2.49. The summed E-state index contributed by atoms with van der Waals surface area (Å²) in [6.07, 6.45) is -0.736. The number of ketones is 1. The van der Waals surface area contributed by atoms with Crippen molar-refractivity contribution in [2.24, 2.45) is 0 Å².